The van der Waals surface area contributed by atoms with Crippen LogP contribution < -0.4 is 18.9 Å². The van der Waals surface area contributed by atoms with Gasteiger partial charge in [-0.15, -0.1) is 0 Å². The first-order chi connectivity index (χ1) is 15.7. The molecule has 0 amide bonds. The number of esters is 2. The fourth-order valence-electron chi connectivity index (χ4n) is 2.47. The van der Waals surface area contributed by atoms with Gasteiger partial charge in [-0.25, -0.2) is 19.2 Å². The van der Waals surface area contributed by atoms with Crippen molar-refractivity contribution in [2.75, 3.05) is 0 Å². The van der Waals surface area contributed by atoms with Crippen molar-refractivity contribution in [1.82, 2.24) is 0 Å². The minimum Gasteiger partial charge on any atom is -0.449 e. The molecule has 0 radical (unpaired) electrons. The molecule has 0 saturated heterocycles. The van der Waals surface area contributed by atoms with Gasteiger partial charge in [0.15, 0.2) is 0 Å². The molecule has 0 aliphatic heterocycles. The van der Waals surface area contributed by atoms with Crippen molar-refractivity contribution in [3.05, 3.63) is 82.3 Å². The zero-order valence-corrected chi connectivity index (χ0v) is 18.0. The molecule has 2 N–H and O–H groups in total. The zero-order chi connectivity index (χ0) is 24.0. The van der Waals surface area contributed by atoms with Gasteiger partial charge in [0.1, 0.15) is 23.0 Å². The molecule has 33 heavy (non-hydrogen) atoms. The third kappa shape index (κ3) is 6.55. The van der Waals surface area contributed by atoms with E-state index >= 15 is 0 Å². The van der Waals surface area contributed by atoms with Gasteiger partial charge in [-0.3, -0.25) is 0 Å². The lowest BCUT2D eigenvalue weighted by molar-refractivity contribution is 0.0718. The number of hydrogen-bond acceptors (Lipinski definition) is 8. The molecule has 0 aliphatic carbocycles. The molecule has 3 rings (SSSR count). The highest BCUT2D eigenvalue weighted by atomic mass is 79.9. The van der Waals surface area contributed by atoms with Crippen LogP contribution in [0.3, 0.4) is 0 Å². The summed E-state index contributed by atoms with van der Waals surface area (Å²) in [4.78, 5) is 45.6. The van der Waals surface area contributed by atoms with Crippen LogP contribution in [0.5, 0.6) is 23.0 Å². The number of hydrogen-bond donors (Lipinski definition) is 2. The molecular formula is C22H13BrO10. The molecule has 3 aromatic rings. The van der Waals surface area contributed by atoms with E-state index in [2.05, 4.69) is 25.4 Å². The molecule has 0 bridgehead atoms. The maximum atomic E-state index is 12.3. The van der Waals surface area contributed by atoms with E-state index in [1.807, 2.05) is 0 Å². The second-order valence-corrected chi connectivity index (χ2v) is 7.01. The molecule has 0 heterocycles. The standard InChI is InChI=1S/C22H13BrO10/c23-17-11-16(30-19(24)12-1-5-14(6-2-12)31-21(26)27)9-10-18(17)33-20(25)13-3-7-15(8-4-13)32-22(28)29/h1-11H,(H,26,27)(H,28,29). The van der Waals surface area contributed by atoms with Crippen molar-refractivity contribution in [3.8, 4) is 23.0 Å². The summed E-state index contributed by atoms with van der Waals surface area (Å²) in [6.07, 6.45) is -2.94. The zero-order valence-electron chi connectivity index (χ0n) is 16.4. The number of halogens is 1. The van der Waals surface area contributed by atoms with Crippen LogP contribution in [0.15, 0.2) is 71.2 Å². The van der Waals surface area contributed by atoms with E-state index < -0.39 is 24.2 Å². The van der Waals surface area contributed by atoms with Gasteiger partial charge in [0.2, 0.25) is 0 Å². The van der Waals surface area contributed by atoms with E-state index in [0.717, 1.165) is 0 Å². The van der Waals surface area contributed by atoms with Crippen LogP contribution in [0.1, 0.15) is 20.7 Å². The molecule has 168 valence electrons. The van der Waals surface area contributed by atoms with Crippen LogP contribution in [0.4, 0.5) is 9.59 Å². The first-order valence-corrected chi connectivity index (χ1v) is 9.76. The number of benzene rings is 3. The Labute approximate surface area is 194 Å². The smallest absolute Gasteiger partial charge is 0.449 e. The summed E-state index contributed by atoms with van der Waals surface area (Å²) in [5.41, 5.74) is 0.320. The van der Waals surface area contributed by atoms with Crippen molar-refractivity contribution in [2.45, 2.75) is 0 Å². The molecule has 0 aliphatic rings. The summed E-state index contributed by atoms with van der Waals surface area (Å²) < 4.78 is 19.8. The van der Waals surface area contributed by atoms with Crippen molar-refractivity contribution in [2.24, 2.45) is 0 Å². The summed E-state index contributed by atoms with van der Waals surface area (Å²) in [6, 6.07) is 14.9. The molecule has 0 unspecified atom stereocenters. The topological polar surface area (TPSA) is 146 Å². The third-order valence-corrected chi connectivity index (χ3v) is 4.53. The summed E-state index contributed by atoms with van der Waals surface area (Å²) in [5, 5.41) is 17.2. The molecule has 10 nitrogen and oxygen atoms in total. The Morgan fingerprint density at radius 3 is 1.42 bits per heavy atom. The Balaban J connectivity index is 1.63. The summed E-state index contributed by atoms with van der Waals surface area (Å²) in [6.45, 7) is 0. The van der Waals surface area contributed by atoms with Crippen LogP contribution in [-0.2, 0) is 0 Å². The van der Waals surface area contributed by atoms with Crippen LogP contribution in [0.25, 0.3) is 0 Å². The van der Waals surface area contributed by atoms with Crippen LogP contribution in [-0.4, -0.2) is 34.5 Å². The predicted octanol–water partition coefficient (Wildman–Crippen LogP) is 5.00. The molecule has 0 atom stereocenters. The molecule has 11 heteroatoms. The Morgan fingerprint density at radius 2 is 1.00 bits per heavy atom. The van der Waals surface area contributed by atoms with E-state index in [0.29, 0.717) is 4.47 Å². The van der Waals surface area contributed by atoms with Gasteiger partial charge >= 0.3 is 24.2 Å². The van der Waals surface area contributed by atoms with Gasteiger partial charge < -0.3 is 29.2 Å². The first kappa shape index (κ1) is 23.3. The maximum absolute atomic E-state index is 12.3. The Bertz CT molecular complexity index is 1200. The minimum atomic E-state index is -1.47. The molecule has 3 aromatic carbocycles. The van der Waals surface area contributed by atoms with Crippen LogP contribution in [0, 0.1) is 0 Å². The van der Waals surface area contributed by atoms with Gasteiger partial charge in [0.25, 0.3) is 0 Å². The normalized spacial score (nSPS) is 10.1. The van der Waals surface area contributed by atoms with Crippen LogP contribution >= 0.6 is 15.9 Å². The quantitative estimate of drug-likeness (QED) is 0.260. The van der Waals surface area contributed by atoms with Crippen molar-refractivity contribution in [3.63, 3.8) is 0 Å². The molecule has 0 saturated carbocycles. The average Bonchev–Trinajstić information content (AvgIpc) is 2.75. The number of carbonyl (C=O) groups is 4. The second kappa shape index (κ2) is 10.3. The maximum Gasteiger partial charge on any atom is 0.511 e. The second-order valence-electron chi connectivity index (χ2n) is 6.16. The summed E-state index contributed by atoms with van der Waals surface area (Å²) in [7, 11) is 0. The Hall–Kier alpha value is -4.38. The summed E-state index contributed by atoms with van der Waals surface area (Å²) >= 11 is 3.24. The van der Waals surface area contributed by atoms with E-state index in [1.165, 1.54) is 66.7 Å². The number of rotatable bonds is 6. The Morgan fingerprint density at radius 1 is 0.576 bits per heavy atom. The minimum absolute atomic E-state index is 0.0513. The highest BCUT2D eigenvalue weighted by Gasteiger charge is 2.15. The highest BCUT2D eigenvalue weighted by Crippen LogP contribution is 2.30. The number of carbonyl (C=O) groups excluding carboxylic acids is 2. The fraction of sp³-hybridized carbons (Fsp3) is 0. The Kier molecular flexibility index (Phi) is 7.26. The van der Waals surface area contributed by atoms with Gasteiger partial charge in [-0.1, -0.05) is 0 Å². The molecular weight excluding hydrogens is 504 g/mol. The van der Waals surface area contributed by atoms with Crippen molar-refractivity contribution in [1.29, 1.82) is 0 Å². The van der Waals surface area contributed by atoms with Gasteiger partial charge in [0, 0.05) is 0 Å². The van der Waals surface area contributed by atoms with E-state index in [1.54, 1.807) is 0 Å². The average molecular weight is 517 g/mol. The molecule has 0 aromatic heterocycles. The van der Waals surface area contributed by atoms with Gasteiger partial charge in [0.05, 0.1) is 15.6 Å². The van der Waals surface area contributed by atoms with Gasteiger partial charge in [-0.2, -0.15) is 0 Å². The van der Waals surface area contributed by atoms with Gasteiger partial charge in [-0.05, 0) is 82.7 Å². The van der Waals surface area contributed by atoms with E-state index in [-0.39, 0.29) is 34.1 Å². The lowest BCUT2D eigenvalue weighted by Crippen LogP contribution is -2.10. The third-order valence-electron chi connectivity index (χ3n) is 3.91. The fourth-order valence-corrected chi connectivity index (χ4v) is 2.91. The van der Waals surface area contributed by atoms with Crippen molar-refractivity contribution < 1.29 is 48.3 Å². The number of ether oxygens (including phenoxy) is 4. The largest absolute Gasteiger partial charge is 0.511 e. The lowest BCUT2D eigenvalue weighted by Gasteiger charge is -2.09. The number of carboxylic acid groups (broad SMARTS) is 2. The monoisotopic (exact) mass is 516 g/mol. The molecule has 0 fully saturated rings. The predicted molar refractivity (Wildman–Crippen MR) is 114 cm³/mol. The molecule has 0 spiro atoms. The van der Waals surface area contributed by atoms with E-state index in [4.69, 9.17) is 19.7 Å². The SMILES string of the molecule is O=C(O)Oc1ccc(C(=O)Oc2ccc(OC(=O)c3ccc(OC(=O)O)cc3)c(Br)c2)cc1. The highest BCUT2D eigenvalue weighted by molar-refractivity contribution is 9.10. The lowest BCUT2D eigenvalue weighted by atomic mass is 10.2. The summed E-state index contributed by atoms with van der Waals surface area (Å²) in [5.74, 6) is -0.982. The van der Waals surface area contributed by atoms with Crippen LogP contribution in [0.2, 0.25) is 0 Å². The first-order valence-electron chi connectivity index (χ1n) is 8.97. The van der Waals surface area contributed by atoms with E-state index in [9.17, 15) is 19.2 Å². The van der Waals surface area contributed by atoms with Crippen molar-refractivity contribution >= 4 is 40.2 Å².